The van der Waals surface area contributed by atoms with E-state index in [0.29, 0.717) is 34.4 Å². The van der Waals surface area contributed by atoms with Crippen molar-refractivity contribution in [2.45, 2.75) is 13.3 Å². The molecule has 1 saturated heterocycles. The number of benzene rings is 1. The minimum Gasteiger partial charge on any atom is -0.465 e. The second kappa shape index (κ2) is 7.28. The van der Waals surface area contributed by atoms with E-state index in [-0.39, 0.29) is 16.9 Å². The highest BCUT2D eigenvalue weighted by molar-refractivity contribution is 9.10. The molecule has 22 heavy (non-hydrogen) atoms. The van der Waals surface area contributed by atoms with Crippen LogP contribution in [0.3, 0.4) is 0 Å². The van der Waals surface area contributed by atoms with Gasteiger partial charge in [-0.1, -0.05) is 17.8 Å². The first-order valence-electron chi connectivity index (χ1n) is 6.74. The summed E-state index contributed by atoms with van der Waals surface area (Å²) in [5, 5.41) is 0.0436. The van der Waals surface area contributed by atoms with Crippen LogP contribution in [0.4, 0.5) is 5.69 Å². The third-order valence-electron chi connectivity index (χ3n) is 3.39. The summed E-state index contributed by atoms with van der Waals surface area (Å²) in [6.07, 6.45) is 0.377. The normalized spacial score (nSPS) is 17.7. The number of amides is 1. The average Bonchev–Trinajstić information content (AvgIpc) is 2.84. The first-order chi connectivity index (χ1) is 10.4. The van der Waals surface area contributed by atoms with Crippen LogP contribution in [0.1, 0.15) is 23.7 Å². The minimum absolute atomic E-state index is 0.0436. The molecule has 5 nitrogen and oxygen atoms in total. The summed E-state index contributed by atoms with van der Waals surface area (Å²) in [7, 11) is 1.31. The Labute approximate surface area is 141 Å². The number of halogens is 1. The van der Waals surface area contributed by atoms with Crippen LogP contribution in [0.5, 0.6) is 0 Å². The van der Waals surface area contributed by atoms with Crippen molar-refractivity contribution >= 4 is 50.4 Å². The number of rotatable bonds is 4. The summed E-state index contributed by atoms with van der Waals surface area (Å²) in [6.45, 7) is 2.01. The molecule has 0 aliphatic carbocycles. The highest BCUT2D eigenvalue weighted by Crippen LogP contribution is 2.35. The molecule has 0 spiro atoms. The van der Waals surface area contributed by atoms with Crippen molar-refractivity contribution in [1.29, 1.82) is 0 Å². The van der Waals surface area contributed by atoms with E-state index in [4.69, 9.17) is 4.74 Å². The molecule has 0 radical (unpaired) electrons. The standard InChI is InChI=1S/C15H16BrNO4S/c1-9(18)22-8-10-6-13(19)17(7-10)14-11(15(20)21-2)4-3-5-12(14)16/h3-5,10H,6-8H2,1-2H3. The maximum atomic E-state index is 12.3. The zero-order valence-electron chi connectivity index (χ0n) is 12.3. The molecule has 1 heterocycles. The first kappa shape index (κ1) is 17.0. The lowest BCUT2D eigenvalue weighted by Gasteiger charge is -2.21. The second-order valence-electron chi connectivity index (χ2n) is 5.00. The fraction of sp³-hybridized carbons (Fsp3) is 0.400. The topological polar surface area (TPSA) is 63.7 Å². The molecule has 118 valence electrons. The van der Waals surface area contributed by atoms with Crippen LogP contribution in [-0.4, -0.2) is 36.4 Å². The van der Waals surface area contributed by atoms with Gasteiger partial charge in [-0.2, -0.15) is 0 Å². The lowest BCUT2D eigenvalue weighted by atomic mass is 10.1. The summed E-state index contributed by atoms with van der Waals surface area (Å²) in [5.41, 5.74) is 0.889. The molecular weight excluding hydrogens is 370 g/mol. The van der Waals surface area contributed by atoms with Crippen LogP contribution in [0, 0.1) is 5.92 Å². The molecule has 1 aliphatic heterocycles. The predicted octanol–water partition coefficient (Wildman–Crippen LogP) is 2.87. The van der Waals surface area contributed by atoms with E-state index in [1.165, 1.54) is 25.8 Å². The largest absolute Gasteiger partial charge is 0.465 e. The molecule has 1 fully saturated rings. The van der Waals surface area contributed by atoms with Crippen molar-refractivity contribution in [3.63, 3.8) is 0 Å². The molecular formula is C15H16BrNO4S. The molecule has 1 aromatic carbocycles. The van der Waals surface area contributed by atoms with Crippen molar-refractivity contribution in [1.82, 2.24) is 0 Å². The molecule has 1 atom stereocenters. The molecule has 1 aliphatic rings. The van der Waals surface area contributed by atoms with Gasteiger partial charge in [0.2, 0.25) is 5.91 Å². The van der Waals surface area contributed by atoms with Gasteiger partial charge in [0.15, 0.2) is 5.12 Å². The van der Waals surface area contributed by atoms with Crippen LogP contribution >= 0.6 is 27.7 Å². The van der Waals surface area contributed by atoms with E-state index < -0.39 is 5.97 Å². The molecule has 7 heteroatoms. The van der Waals surface area contributed by atoms with Crippen molar-refractivity contribution in [2.24, 2.45) is 5.92 Å². The number of hydrogen-bond donors (Lipinski definition) is 0. The number of esters is 1. The smallest absolute Gasteiger partial charge is 0.340 e. The monoisotopic (exact) mass is 385 g/mol. The maximum Gasteiger partial charge on any atom is 0.340 e. The lowest BCUT2D eigenvalue weighted by molar-refractivity contribution is -0.117. The van der Waals surface area contributed by atoms with E-state index in [1.807, 2.05) is 0 Å². The van der Waals surface area contributed by atoms with Crippen molar-refractivity contribution < 1.29 is 19.1 Å². The van der Waals surface area contributed by atoms with Crippen molar-refractivity contribution in [3.8, 4) is 0 Å². The predicted molar refractivity (Wildman–Crippen MR) is 89.1 cm³/mol. The number of ether oxygens (including phenoxy) is 1. The van der Waals surface area contributed by atoms with E-state index >= 15 is 0 Å². The van der Waals surface area contributed by atoms with E-state index in [9.17, 15) is 14.4 Å². The van der Waals surface area contributed by atoms with Gasteiger partial charge < -0.3 is 9.64 Å². The van der Waals surface area contributed by atoms with Gasteiger partial charge in [0, 0.05) is 30.1 Å². The Morgan fingerprint density at radius 3 is 2.82 bits per heavy atom. The second-order valence-corrected chi connectivity index (χ2v) is 7.06. The van der Waals surface area contributed by atoms with Gasteiger partial charge in [-0.15, -0.1) is 0 Å². The lowest BCUT2D eigenvalue weighted by Crippen LogP contribution is -2.27. The van der Waals surface area contributed by atoms with Crippen molar-refractivity contribution in [2.75, 3.05) is 24.3 Å². The van der Waals surface area contributed by atoms with E-state index in [0.717, 1.165) is 0 Å². The van der Waals surface area contributed by atoms with Crippen molar-refractivity contribution in [3.05, 3.63) is 28.2 Å². The Balaban J connectivity index is 2.26. The highest BCUT2D eigenvalue weighted by Gasteiger charge is 2.34. The summed E-state index contributed by atoms with van der Waals surface area (Å²) in [6, 6.07) is 5.15. The number of hydrogen-bond acceptors (Lipinski definition) is 5. The third-order valence-corrected chi connectivity index (χ3v) is 5.07. The summed E-state index contributed by atoms with van der Waals surface area (Å²) in [5.74, 6) is 0.172. The Bertz CT molecular complexity index is 620. The van der Waals surface area contributed by atoms with Gasteiger partial charge >= 0.3 is 5.97 Å². The number of methoxy groups -OCH3 is 1. The van der Waals surface area contributed by atoms with E-state index in [2.05, 4.69) is 15.9 Å². The zero-order chi connectivity index (χ0) is 16.3. The summed E-state index contributed by atoms with van der Waals surface area (Å²) >= 11 is 4.63. The fourth-order valence-corrected chi connectivity index (χ4v) is 3.68. The summed E-state index contributed by atoms with van der Waals surface area (Å²) in [4.78, 5) is 36.9. The third kappa shape index (κ3) is 3.70. The molecule has 0 N–H and O–H groups in total. The number of carbonyl (C=O) groups excluding carboxylic acids is 3. The Hall–Kier alpha value is -1.34. The average molecular weight is 386 g/mol. The minimum atomic E-state index is -0.481. The maximum absolute atomic E-state index is 12.3. The van der Waals surface area contributed by atoms with Gasteiger partial charge in [-0.25, -0.2) is 4.79 Å². The Morgan fingerprint density at radius 2 is 2.18 bits per heavy atom. The molecule has 0 saturated carbocycles. The fourth-order valence-electron chi connectivity index (χ4n) is 2.41. The van der Waals surface area contributed by atoms with Gasteiger partial charge in [-0.05, 0) is 34.0 Å². The van der Waals surface area contributed by atoms with Gasteiger partial charge in [0.05, 0.1) is 18.4 Å². The van der Waals surface area contributed by atoms with Gasteiger partial charge in [0.25, 0.3) is 0 Å². The number of thioether (sulfide) groups is 1. The quantitative estimate of drug-likeness (QED) is 0.745. The van der Waals surface area contributed by atoms with Crippen LogP contribution < -0.4 is 4.90 Å². The Morgan fingerprint density at radius 1 is 1.45 bits per heavy atom. The number of nitrogens with zero attached hydrogens (tertiary/aromatic N) is 1. The zero-order valence-corrected chi connectivity index (χ0v) is 14.7. The molecule has 1 aromatic rings. The number of para-hydroxylation sites is 1. The SMILES string of the molecule is COC(=O)c1cccc(Br)c1N1CC(CSC(C)=O)CC1=O. The van der Waals surface area contributed by atoms with Crippen LogP contribution in [0.15, 0.2) is 22.7 Å². The number of carbonyl (C=O) groups is 3. The first-order valence-corrected chi connectivity index (χ1v) is 8.52. The molecule has 1 unspecified atom stereocenters. The molecule has 0 aromatic heterocycles. The van der Waals surface area contributed by atoms with Crippen LogP contribution in [-0.2, 0) is 14.3 Å². The molecule has 0 bridgehead atoms. The van der Waals surface area contributed by atoms with Crippen LogP contribution in [0.2, 0.25) is 0 Å². The molecule has 1 amide bonds. The van der Waals surface area contributed by atoms with E-state index in [1.54, 1.807) is 23.1 Å². The Kier molecular flexibility index (Phi) is 5.63. The highest BCUT2D eigenvalue weighted by atomic mass is 79.9. The summed E-state index contributed by atoms with van der Waals surface area (Å²) < 4.78 is 5.46. The molecule has 2 rings (SSSR count). The van der Waals surface area contributed by atoms with Gasteiger partial charge in [-0.3, -0.25) is 9.59 Å². The number of anilines is 1. The van der Waals surface area contributed by atoms with Crippen LogP contribution in [0.25, 0.3) is 0 Å². The van der Waals surface area contributed by atoms with Gasteiger partial charge in [0.1, 0.15) is 0 Å².